The summed E-state index contributed by atoms with van der Waals surface area (Å²) in [5, 5.41) is 0. The summed E-state index contributed by atoms with van der Waals surface area (Å²) in [6, 6.07) is 15.7. The van der Waals surface area contributed by atoms with Crippen molar-refractivity contribution in [2.75, 3.05) is 24.6 Å². The van der Waals surface area contributed by atoms with Gasteiger partial charge in [0.25, 0.3) is 0 Å². The lowest BCUT2D eigenvalue weighted by Gasteiger charge is -2.23. The Labute approximate surface area is 125 Å². The number of anilines is 1. The van der Waals surface area contributed by atoms with Crippen molar-refractivity contribution in [3.8, 4) is 5.75 Å². The third kappa shape index (κ3) is 2.92. The lowest BCUT2D eigenvalue weighted by molar-refractivity contribution is 0.0998. The van der Waals surface area contributed by atoms with Crippen molar-refractivity contribution in [2.45, 2.75) is 13.3 Å². The third-order valence-corrected chi connectivity index (χ3v) is 3.82. The highest BCUT2D eigenvalue weighted by molar-refractivity contribution is 6.00. The van der Waals surface area contributed by atoms with Gasteiger partial charge in [0.15, 0.2) is 5.78 Å². The molecular weight excluding hydrogens is 262 g/mol. The van der Waals surface area contributed by atoms with E-state index in [0.717, 1.165) is 35.5 Å². The first kappa shape index (κ1) is 13.7. The molecule has 3 heteroatoms. The summed E-state index contributed by atoms with van der Waals surface area (Å²) in [4.78, 5) is 14.7. The molecule has 0 radical (unpaired) electrons. The van der Waals surface area contributed by atoms with Gasteiger partial charge in [0.05, 0.1) is 18.8 Å². The third-order valence-electron chi connectivity index (χ3n) is 3.82. The van der Waals surface area contributed by atoms with Crippen LogP contribution in [0.15, 0.2) is 48.5 Å². The van der Waals surface area contributed by atoms with Crippen LogP contribution in [0.2, 0.25) is 0 Å². The number of para-hydroxylation sites is 2. The lowest BCUT2D eigenvalue weighted by atomic mass is 10.0. The van der Waals surface area contributed by atoms with Gasteiger partial charge in [0.1, 0.15) is 5.75 Å². The highest BCUT2D eigenvalue weighted by Crippen LogP contribution is 2.30. The highest BCUT2D eigenvalue weighted by atomic mass is 16.5. The Bertz CT molecular complexity index is 651. The monoisotopic (exact) mass is 281 g/mol. The van der Waals surface area contributed by atoms with Crippen LogP contribution in [0.5, 0.6) is 5.75 Å². The molecule has 0 spiro atoms. The fourth-order valence-electron chi connectivity index (χ4n) is 2.71. The topological polar surface area (TPSA) is 29.5 Å². The van der Waals surface area contributed by atoms with E-state index in [9.17, 15) is 4.79 Å². The fourth-order valence-corrected chi connectivity index (χ4v) is 2.71. The molecule has 0 saturated heterocycles. The predicted molar refractivity (Wildman–Crippen MR) is 84.3 cm³/mol. The van der Waals surface area contributed by atoms with Crippen LogP contribution >= 0.6 is 0 Å². The number of hydrogen-bond donors (Lipinski definition) is 0. The van der Waals surface area contributed by atoms with Gasteiger partial charge < -0.3 is 9.64 Å². The van der Waals surface area contributed by atoms with Gasteiger partial charge in [0.2, 0.25) is 0 Å². The second-order valence-electron chi connectivity index (χ2n) is 5.33. The molecule has 0 aliphatic carbocycles. The minimum absolute atomic E-state index is 0.157. The van der Waals surface area contributed by atoms with Crippen LogP contribution in [0.25, 0.3) is 0 Å². The van der Waals surface area contributed by atoms with Gasteiger partial charge in [-0.2, -0.15) is 0 Å². The largest absolute Gasteiger partial charge is 0.491 e. The number of ketones is 1. The van der Waals surface area contributed by atoms with Gasteiger partial charge in [-0.15, -0.1) is 0 Å². The van der Waals surface area contributed by atoms with Crippen LogP contribution < -0.4 is 9.64 Å². The molecule has 21 heavy (non-hydrogen) atoms. The minimum Gasteiger partial charge on any atom is -0.491 e. The van der Waals surface area contributed by atoms with Crippen LogP contribution in [0.3, 0.4) is 0 Å². The summed E-state index contributed by atoms with van der Waals surface area (Å²) in [6.45, 7) is 3.92. The maximum atomic E-state index is 12.6. The summed E-state index contributed by atoms with van der Waals surface area (Å²) in [7, 11) is 0. The number of benzene rings is 2. The molecule has 1 heterocycles. The first-order valence-corrected chi connectivity index (χ1v) is 7.31. The number of rotatable bonds is 3. The van der Waals surface area contributed by atoms with E-state index in [0.29, 0.717) is 13.2 Å². The average molecular weight is 281 g/mol. The SMILES string of the molecule is Cc1ccccc1C(=O)CN1CCCOc2ccccc21. The van der Waals surface area contributed by atoms with Crippen molar-refractivity contribution in [1.29, 1.82) is 0 Å². The number of carbonyl (C=O) groups is 1. The van der Waals surface area contributed by atoms with Gasteiger partial charge in [-0.1, -0.05) is 36.4 Å². The Morgan fingerprint density at radius 2 is 1.90 bits per heavy atom. The van der Waals surface area contributed by atoms with Gasteiger partial charge >= 0.3 is 0 Å². The molecule has 1 aliphatic heterocycles. The molecule has 0 fully saturated rings. The summed E-state index contributed by atoms with van der Waals surface area (Å²) >= 11 is 0. The van der Waals surface area contributed by atoms with Crippen molar-refractivity contribution in [3.63, 3.8) is 0 Å². The smallest absolute Gasteiger partial charge is 0.182 e. The maximum Gasteiger partial charge on any atom is 0.182 e. The summed E-state index contributed by atoms with van der Waals surface area (Å²) < 4.78 is 5.74. The predicted octanol–water partition coefficient (Wildman–Crippen LogP) is 3.47. The van der Waals surface area contributed by atoms with E-state index < -0.39 is 0 Å². The molecule has 2 aromatic carbocycles. The van der Waals surface area contributed by atoms with E-state index in [-0.39, 0.29) is 5.78 Å². The van der Waals surface area contributed by atoms with Crippen molar-refractivity contribution < 1.29 is 9.53 Å². The highest BCUT2D eigenvalue weighted by Gasteiger charge is 2.19. The van der Waals surface area contributed by atoms with Gasteiger partial charge in [-0.3, -0.25) is 4.79 Å². The van der Waals surface area contributed by atoms with E-state index in [1.165, 1.54) is 0 Å². The summed E-state index contributed by atoms with van der Waals surface area (Å²) in [5.41, 5.74) is 2.85. The van der Waals surface area contributed by atoms with Crippen LogP contribution in [0.4, 0.5) is 5.69 Å². The molecule has 3 rings (SSSR count). The Kier molecular flexibility index (Phi) is 3.91. The summed E-state index contributed by atoms with van der Waals surface area (Å²) in [5.74, 6) is 1.03. The van der Waals surface area contributed by atoms with E-state index in [4.69, 9.17) is 4.74 Å². The lowest BCUT2D eigenvalue weighted by Crippen LogP contribution is -2.30. The van der Waals surface area contributed by atoms with Crippen LogP contribution in [-0.4, -0.2) is 25.5 Å². The molecule has 2 aromatic rings. The number of Topliss-reactive ketones (excluding diaryl/α,β-unsaturated/α-hetero) is 1. The Morgan fingerprint density at radius 3 is 2.76 bits per heavy atom. The number of fused-ring (bicyclic) bond motifs is 1. The zero-order valence-corrected chi connectivity index (χ0v) is 12.2. The molecule has 0 saturated carbocycles. The average Bonchev–Trinajstić information content (AvgIpc) is 2.70. The number of aryl methyl sites for hydroxylation is 1. The minimum atomic E-state index is 0.157. The molecular formula is C18H19NO2. The zero-order chi connectivity index (χ0) is 14.7. The van der Waals surface area contributed by atoms with Crippen molar-refractivity contribution in [2.24, 2.45) is 0 Å². The van der Waals surface area contributed by atoms with E-state index >= 15 is 0 Å². The molecule has 1 aliphatic rings. The molecule has 3 nitrogen and oxygen atoms in total. The van der Waals surface area contributed by atoms with Gasteiger partial charge in [-0.25, -0.2) is 0 Å². The van der Waals surface area contributed by atoms with E-state index in [1.54, 1.807) is 0 Å². The quantitative estimate of drug-likeness (QED) is 0.807. The van der Waals surface area contributed by atoms with E-state index in [2.05, 4.69) is 4.90 Å². The fraction of sp³-hybridized carbons (Fsp3) is 0.278. The van der Waals surface area contributed by atoms with Crippen LogP contribution in [0.1, 0.15) is 22.3 Å². The first-order valence-electron chi connectivity index (χ1n) is 7.31. The normalized spacial score (nSPS) is 14.0. The molecule has 0 unspecified atom stereocenters. The molecule has 0 bridgehead atoms. The van der Waals surface area contributed by atoms with E-state index in [1.807, 2.05) is 55.5 Å². The Balaban J connectivity index is 1.85. The Morgan fingerprint density at radius 1 is 1.14 bits per heavy atom. The van der Waals surface area contributed by atoms with Crippen molar-refractivity contribution >= 4 is 11.5 Å². The molecule has 0 N–H and O–H groups in total. The summed E-state index contributed by atoms with van der Waals surface area (Å²) in [6.07, 6.45) is 0.926. The van der Waals surface area contributed by atoms with Crippen molar-refractivity contribution in [3.05, 3.63) is 59.7 Å². The number of nitrogens with zero attached hydrogens (tertiary/aromatic N) is 1. The number of ether oxygens (including phenoxy) is 1. The van der Waals surface area contributed by atoms with Crippen molar-refractivity contribution in [1.82, 2.24) is 0 Å². The van der Waals surface area contributed by atoms with Crippen LogP contribution in [-0.2, 0) is 0 Å². The zero-order valence-electron chi connectivity index (χ0n) is 12.2. The standard InChI is InChI=1S/C18H19NO2/c1-14-7-2-3-8-15(14)17(20)13-19-11-6-12-21-18-10-5-4-9-16(18)19/h2-5,7-10H,6,11-13H2,1H3. The molecule has 0 amide bonds. The molecule has 0 atom stereocenters. The second-order valence-corrected chi connectivity index (χ2v) is 5.33. The van der Waals surface area contributed by atoms with Gasteiger partial charge in [-0.05, 0) is 31.0 Å². The first-order chi connectivity index (χ1) is 10.3. The number of hydrogen-bond acceptors (Lipinski definition) is 3. The number of carbonyl (C=O) groups excluding carboxylic acids is 1. The Hall–Kier alpha value is -2.29. The maximum absolute atomic E-state index is 12.6. The van der Waals surface area contributed by atoms with Gasteiger partial charge in [0, 0.05) is 12.1 Å². The molecule has 0 aromatic heterocycles. The molecule has 108 valence electrons. The van der Waals surface area contributed by atoms with Crippen LogP contribution in [0, 0.1) is 6.92 Å². The second kappa shape index (κ2) is 6.00.